The second kappa shape index (κ2) is 10.7. The Morgan fingerprint density at radius 2 is 1.93 bits per heavy atom. The summed E-state index contributed by atoms with van der Waals surface area (Å²) in [6.07, 6.45) is 3.77. The maximum Gasteiger partial charge on any atom is 0.287 e. The van der Waals surface area contributed by atoms with Gasteiger partial charge in [-0.2, -0.15) is 0 Å². The van der Waals surface area contributed by atoms with Gasteiger partial charge in [0.2, 0.25) is 0 Å². The van der Waals surface area contributed by atoms with Crippen molar-refractivity contribution in [3.8, 4) is 0 Å². The quantitative estimate of drug-likeness (QED) is 0.379. The van der Waals surface area contributed by atoms with Gasteiger partial charge in [0.25, 0.3) is 5.91 Å². The first-order valence-electron chi connectivity index (χ1n) is 10.1. The highest BCUT2D eigenvalue weighted by molar-refractivity contribution is 5.91. The average molecular weight is 399 g/mol. The fourth-order valence-corrected chi connectivity index (χ4v) is 3.48. The first-order chi connectivity index (χ1) is 14.2. The Bertz CT molecular complexity index is 787. The summed E-state index contributed by atoms with van der Waals surface area (Å²) in [5.41, 5.74) is 2.48. The van der Waals surface area contributed by atoms with Crippen LogP contribution >= 0.6 is 0 Å². The van der Waals surface area contributed by atoms with E-state index in [4.69, 9.17) is 9.15 Å². The maximum atomic E-state index is 11.9. The van der Waals surface area contributed by atoms with Crippen LogP contribution in [-0.4, -0.2) is 45.2 Å². The monoisotopic (exact) mass is 398 g/mol. The van der Waals surface area contributed by atoms with Crippen molar-refractivity contribution in [1.29, 1.82) is 0 Å². The molecule has 0 radical (unpaired) electrons. The van der Waals surface area contributed by atoms with Crippen LogP contribution in [0.4, 0.5) is 0 Å². The zero-order valence-corrected chi connectivity index (χ0v) is 17.1. The Morgan fingerprint density at radius 3 is 2.66 bits per heavy atom. The molecule has 7 heteroatoms. The molecule has 1 saturated heterocycles. The van der Waals surface area contributed by atoms with Gasteiger partial charge in [-0.15, -0.1) is 0 Å². The number of rotatable bonds is 7. The fourth-order valence-electron chi connectivity index (χ4n) is 3.48. The number of nitrogens with zero attached hydrogens (tertiary/aromatic N) is 1. The summed E-state index contributed by atoms with van der Waals surface area (Å²) < 4.78 is 11.2. The van der Waals surface area contributed by atoms with Crippen molar-refractivity contribution in [2.75, 3.05) is 33.3 Å². The Labute approximate surface area is 171 Å². The smallest absolute Gasteiger partial charge is 0.287 e. The number of carbonyl (C=O) groups is 1. The number of benzene rings is 1. The van der Waals surface area contributed by atoms with Gasteiger partial charge in [-0.1, -0.05) is 29.8 Å². The van der Waals surface area contributed by atoms with E-state index in [1.807, 2.05) is 0 Å². The lowest BCUT2D eigenvalue weighted by atomic mass is 9.89. The van der Waals surface area contributed by atoms with Gasteiger partial charge >= 0.3 is 0 Å². The van der Waals surface area contributed by atoms with Gasteiger partial charge in [-0.05, 0) is 37.5 Å². The summed E-state index contributed by atoms with van der Waals surface area (Å²) in [7, 11) is 1.74. The number of furan rings is 1. The molecule has 1 aliphatic rings. The summed E-state index contributed by atoms with van der Waals surface area (Å²) in [6.45, 7) is 4.71. The van der Waals surface area contributed by atoms with Crippen LogP contribution in [0.2, 0.25) is 0 Å². The number of aliphatic imine (C=N–C) groups is 1. The van der Waals surface area contributed by atoms with E-state index in [-0.39, 0.29) is 12.0 Å². The van der Waals surface area contributed by atoms with Gasteiger partial charge in [0.1, 0.15) is 0 Å². The topological polar surface area (TPSA) is 87.9 Å². The summed E-state index contributed by atoms with van der Waals surface area (Å²) in [5.74, 6) is 1.18. The molecule has 3 N–H and O–H groups in total. The lowest BCUT2D eigenvalue weighted by molar-refractivity contribution is -0.0265. The maximum absolute atomic E-state index is 11.9. The molecule has 0 aliphatic carbocycles. The lowest BCUT2D eigenvalue weighted by Gasteiger charge is -2.32. The lowest BCUT2D eigenvalue weighted by Crippen LogP contribution is -2.44. The molecule has 1 fully saturated rings. The molecule has 0 saturated carbocycles. The Morgan fingerprint density at radius 1 is 1.14 bits per heavy atom. The number of hydrogen-bond acceptors (Lipinski definition) is 4. The molecule has 1 aromatic heterocycles. The van der Waals surface area contributed by atoms with Crippen molar-refractivity contribution in [2.24, 2.45) is 10.9 Å². The molecule has 1 aliphatic heterocycles. The van der Waals surface area contributed by atoms with Crippen molar-refractivity contribution in [3.63, 3.8) is 0 Å². The predicted octanol–water partition coefficient (Wildman–Crippen LogP) is 2.65. The van der Waals surface area contributed by atoms with Crippen molar-refractivity contribution < 1.29 is 13.9 Å². The number of carbonyl (C=O) groups excluding carboxylic acids is 1. The number of hydrogen-bond donors (Lipinski definition) is 3. The standard InChI is InChI=1S/C22H30N4O3/c1-16-7-9-17(10-8-16)20-18(5-3-14-29-20)15-26-22(23-2)25-12-11-24-21(27)19-6-4-13-28-19/h4,6-10,13,18,20H,3,5,11-12,14-15H2,1-2H3,(H,24,27)(H2,23,25,26). The third-order valence-electron chi connectivity index (χ3n) is 5.05. The number of ether oxygens (including phenoxy) is 1. The molecular formula is C22H30N4O3. The van der Waals surface area contributed by atoms with Crippen LogP contribution in [0.3, 0.4) is 0 Å². The third kappa shape index (κ3) is 6.09. The summed E-state index contributed by atoms with van der Waals surface area (Å²) >= 11 is 0. The van der Waals surface area contributed by atoms with Gasteiger partial charge in [0.05, 0.1) is 12.4 Å². The molecule has 2 atom stereocenters. The molecule has 2 heterocycles. The van der Waals surface area contributed by atoms with Crippen LogP contribution in [0.15, 0.2) is 52.1 Å². The number of amides is 1. The van der Waals surface area contributed by atoms with E-state index in [1.165, 1.54) is 17.4 Å². The van der Waals surface area contributed by atoms with Crippen molar-refractivity contribution in [3.05, 3.63) is 59.5 Å². The SMILES string of the molecule is CN=C(NCCNC(=O)c1ccco1)NCC1CCCOC1c1ccc(C)cc1. The van der Waals surface area contributed by atoms with Crippen LogP contribution in [0, 0.1) is 12.8 Å². The molecule has 3 rings (SSSR count). The van der Waals surface area contributed by atoms with Gasteiger partial charge in [0, 0.05) is 39.2 Å². The van der Waals surface area contributed by atoms with E-state index in [0.717, 1.165) is 26.0 Å². The second-order valence-corrected chi connectivity index (χ2v) is 7.22. The van der Waals surface area contributed by atoms with E-state index >= 15 is 0 Å². The zero-order chi connectivity index (χ0) is 20.5. The molecule has 156 valence electrons. The highest BCUT2D eigenvalue weighted by Crippen LogP contribution is 2.33. The molecule has 2 aromatic rings. The fraction of sp³-hybridized carbons (Fsp3) is 0.455. The van der Waals surface area contributed by atoms with Crippen molar-refractivity contribution in [1.82, 2.24) is 16.0 Å². The first-order valence-corrected chi connectivity index (χ1v) is 10.1. The van der Waals surface area contributed by atoms with E-state index in [1.54, 1.807) is 19.2 Å². The van der Waals surface area contributed by atoms with E-state index in [0.29, 0.717) is 30.7 Å². The largest absolute Gasteiger partial charge is 0.459 e. The van der Waals surface area contributed by atoms with Crippen molar-refractivity contribution >= 4 is 11.9 Å². The molecule has 0 spiro atoms. The average Bonchev–Trinajstić information content (AvgIpc) is 3.29. The molecule has 1 amide bonds. The Kier molecular flexibility index (Phi) is 7.69. The van der Waals surface area contributed by atoms with E-state index in [9.17, 15) is 4.79 Å². The molecule has 2 unspecified atom stereocenters. The first kappa shape index (κ1) is 20.9. The van der Waals surface area contributed by atoms with Crippen LogP contribution in [0.1, 0.15) is 40.6 Å². The van der Waals surface area contributed by atoms with E-state index < -0.39 is 0 Å². The Balaban J connectivity index is 1.43. The number of aryl methyl sites for hydroxylation is 1. The van der Waals surface area contributed by atoms with Gasteiger partial charge < -0.3 is 25.1 Å². The third-order valence-corrected chi connectivity index (χ3v) is 5.05. The number of nitrogens with one attached hydrogen (secondary N) is 3. The van der Waals surface area contributed by atoms with Crippen LogP contribution in [0.5, 0.6) is 0 Å². The molecule has 1 aromatic carbocycles. The van der Waals surface area contributed by atoms with Crippen molar-refractivity contribution in [2.45, 2.75) is 25.9 Å². The molecular weight excluding hydrogens is 368 g/mol. The zero-order valence-electron chi connectivity index (χ0n) is 17.1. The Hall–Kier alpha value is -2.80. The predicted molar refractivity (Wildman–Crippen MR) is 113 cm³/mol. The molecule has 29 heavy (non-hydrogen) atoms. The minimum atomic E-state index is -0.222. The molecule has 0 bridgehead atoms. The minimum Gasteiger partial charge on any atom is -0.459 e. The summed E-state index contributed by atoms with van der Waals surface area (Å²) in [6, 6.07) is 11.9. The van der Waals surface area contributed by atoms with Crippen LogP contribution < -0.4 is 16.0 Å². The van der Waals surface area contributed by atoms with Gasteiger partial charge in [0.15, 0.2) is 11.7 Å². The molecule has 7 nitrogen and oxygen atoms in total. The summed E-state index contributed by atoms with van der Waals surface area (Å²) in [4.78, 5) is 16.1. The van der Waals surface area contributed by atoms with Crippen LogP contribution in [0.25, 0.3) is 0 Å². The van der Waals surface area contributed by atoms with Crippen LogP contribution in [-0.2, 0) is 4.74 Å². The highest BCUT2D eigenvalue weighted by atomic mass is 16.5. The second-order valence-electron chi connectivity index (χ2n) is 7.22. The summed E-state index contributed by atoms with van der Waals surface area (Å²) in [5, 5.41) is 9.42. The van der Waals surface area contributed by atoms with Gasteiger partial charge in [-0.25, -0.2) is 0 Å². The number of guanidine groups is 1. The van der Waals surface area contributed by atoms with Gasteiger partial charge in [-0.3, -0.25) is 9.79 Å². The van der Waals surface area contributed by atoms with E-state index in [2.05, 4.69) is 52.1 Å². The minimum absolute atomic E-state index is 0.0996. The normalized spacial score (nSPS) is 19.6. The highest BCUT2D eigenvalue weighted by Gasteiger charge is 2.27.